The molecule has 1 aliphatic carbocycles. The molecule has 0 bridgehead atoms. The highest BCUT2D eigenvalue weighted by atomic mass is 35.5. The van der Waals surface area contributed by atoms with Crippen molar-refractivity contribution < 1.29 is 0 Å². The minimum atomic E-state index is 0.712. The highest BCUT2D eigenvalue weighted by Gasteiger charge is 2.21. The molecule has 0 spiro atoms. The van der Waals surface area contributed by atoms with Gasteiger partial charge in [0.25, 0.3) is 0 Å². The molecule has 2 aromatic heterocycles. The second-order valence-corrected chi connectivity index (χ2v) is 7.00. The maximum absolute atomic E-state index is 5.99. The number of rotatable bonds is 6. The van der Waals surface area contributed by atoms with E-state index in [1.54, 1.807) is 11.3 Å². The van der Waals surface area contributed by atoms with Crippen molar-refractivity contribution in [1.82, 2.24) is 10.3 Å². The van der Waals surface area contributed by atoms with E-state index in [9.17, 15) is 0 Å². The lowest BCUT2D eigenvalue weighted by molar-refractivity contribution is 0.683. The monoisotopic (exact) mass is 307 g/mol. The third-order valence-corrected chi connectivity index (χ3v) is 4.63. The Morgan fingerprint density at radius 1 is 1.40 bits per heavy atom. The van der Waals surface area contributed by atoms with Gasteiger partial charge in [0, 0.05) is 36.3 Å². The number of thiophene rings is 1. The van der Waals surface area contributed by atoms with E-state index in [4.69, 9.17) is 11.6 Å². The van der Waals surface area contributed by atoms with Crippen LogP contribution in [0.3, 0.4) is 0 Å². The van der Waals surface area contributed by atoms with E-state index >= 15 is 0 Å². The largest absolute Gasteiger partial charge is 0.354 e. The smallest absolute Gasteiger partial charge is 0.133 e. The standard InChI is InChI=1S/C15H18ClN3S/c1-19(10-13-6-7-14(16)20-13)15-11(3-2-8-17-15)9-18-12-4-5-12/h2-3,6-8,12,18H,4-5,9-10H2,1H3. The summed E-state index contributed by atoms with van der Waals surface area (Å²) in [5.41, 5.74) is 1.25. The summed E-state index contributed by atoms with van der Waals surface area (Å²) < 4.78 is 0.838. The summed E-state index contributed by atoms with van der Waals surface area (Å²) in [6.45, 7) is 1.73. The van der Waals surface area contributed by atoms with Crippen molar-refractivity contribution in [3.05, 3.63) is 45.2 Å². The van der Waals surface area contributed by atoms with Crippen molar-refractivity contribution >= 4 is 28.8 Å². The summed E-state index contributed by atoms with van der Waals surface area (Å²) in [4.78, 5) is 7.98. The van der Waals surface area contributed by atoms with Gasteiger partial charge in [0.05, 0.1) is 10.9 Å². The summed E-state index contributed by atoms with van der Waals surface area (Å²) in [6.07, 6.45) is 4.46. The molecule has 3 nitrogen and oxygen atoms in total. The Bertz CT molecular complexity index is 580. The van der Waals surface area contributed by atoms with E-state index in [-0.39, 0.29) is 0 Å². The summed E-state index contributed by atoms with van der Waals surface area (Å²) in [5, 5.41) is 3.55. The van der Waals surface area contributed by atoms with Gasteiger partial charge >= 0.3 is 0 Å². The first-order chi connectivity index (χ1) is 9.72. The Kier molecular flexibility index (Phi) is 4.24. The molecular formula is C15H18ClN3S. The fourth-order valence-electron chi connectivity index (χ4n) is 2.20. The second-order valence-electron chi connectivity index (χ2n) is 5.20. The van der Waals surface area contributed by atoms with Crippen molar-refractivity contribution in [3.8, 4) is 0 Å². The van der Waals surface area contributed by atoms with Gasteiger partial charge in [-0.05, 0) is 31.0 Å². The van der Waals surface area contributed by atoms with Gasteiger partial charge in [-0.3, -0.25) is 0 Å². The predicted octanol–water partition coefficient (Wildman–Crippen LogP) is 3.68. The van der Waals surface area contributed by atoms with Crippen LogP contribution in [0.25, 0.3) is 0 Å². The lowest BCUT2D eigenvalue weighted by Crippen LogP contribution is -2.22. The van der Waals surface area contributed by atoms with E-state index in [1.807, 2.05) is 18.3 Å². The van der Waals surface area contributed by atoms with Gasteiger partial charge in [-0.2, -0.15) is 0 Å². The molecule has 0 amide bonds. The highest BCUT2D eigenvalue weighted by molar-refractivity contribution is 7.16. The van der Waals surface area contributed by atoms with Crippen LogP contribution in [0.1, 0.15) is 23.3 Å². The fraction of sp³-hybridized carbons (Fsp3) is 0.400. The molecule has 0 saturated heterocycles. The number of nitrogens with one attached hydrogen (secondary N) is 1. The Morgan fingerprint density at radius 2 is 2.25 bits per heavy atom. The molecule has 0 atom stereocenters. The number of hydrogen-bond acceptors (Lipinski definition) is 4. The molecule has 20 heavy (non-hydrogen) atoms. The fourth-order valence-corrected chi connectivity index (χ4v) is 3.34. The third kappa shape index (κ3) is 3.51. The van der Waals surface area contributed by atoms with Crippen LogP contribution in [0.15, 0.2) is 30.5 Å². The molecule has 2 aromatic rings. The minimum absolute atomic E-state index is 0.712. The molecule has 1 N–H and O–H groups in total. The van der Waals surface area contributed by atoms with Gasteiger partial charge in [0.2, 0.25) is 0 Å². The van der Waals surface area contributed by atoms with Crippen molar-refractivity contribution in [2.24, 2.45) is 0 Å². The molecule has 0 unspecified atom stereocenters. The van der Waals surface area contributed by atoms with E-state index in [0.29, 0.717) is 6.04 Å². The van der Waals surface area contributed by atoms with Gasteiger partial charge in [-0.25, -0.2) is 4.98 Å². The van der Waals surface area contributed by atoms with Gasteiger partial charge in [-0.1, -0.05) is 17.7 Å². The summed E-state index contributed by atoms with van der Waals surface area (Å²) >= 11 is 7.61. The molecule has 106 valence electrons. The van der Waals surface area contributed by atoms with Crippen molar-refractivity contribution in [3.63, 3.8) is 0 Å². The average molecular weight is 308 g/mol. The van der Waals surface area contributed by atoms with Crippen LogP contribution in [0.4, 0.5) is 5.82 Å². The first-order valence-electron chi connectivity index (χ1n) is 6.85. The molecule has 1 fully saturated rings. The van der Waals surface area contributed by atoms with Crippen LogP contribution in [0.2, 0.25) is 4.34 Å². The zero-order valence-electron chi connectivity index (χ0n) is 11.5. The maximum Gasteiger partial charge on any atom is 0.133 e. The molecule has 0 aromatic carbocycles. The van der Waals surface area contributed by atoms with Crippen LogP contribution in [-0.2, 0) is 13.1 Å². The molecule has 0 radical (unpaired) electrons. The molecule has 3 rings (SSSR count). The number of halogens is 1. The number of aromatic nitrogens is 1. The van der Waals surface area contributed by atoms with Crippen LogP contribution >= 0.6 is 22.9 Å². The summed E-state index contributed by atoms with van der Waals surface area (Å²) in [7, 11) is 2.08. The Labute approximate surface area is 128 Å². The Balaban J connectivity index is 1.70. The minimum Gasteiger partial charge on any atom is -0.354 e. The number of pyridine rings is 1. The molecule has 1 saturated carbocycles. The van der Waals surface area contributed by atoms with Crippen LogP contribution in [-0.4, -0.2) is 18.1 Å². The first-order valence-corrected chi connectivity index (χ1v) is 8.04. The highest BCUT2D eigenvalue weighted by Crippen LogP contribution is 2.25. The number of hydrogen-bond donors (Lipinski definition) is 1. The molecule has 0 aliphatic heterocycles. The SMILES string of the molecule is CN(Cc1ccc(Cl)s1)c1ncccc1CNC1CC1. The van der Waals surface area contributed by atoms with Gasteiger partial charge in [0.1, 0.15) is 5.82 Å². The number of nitrogens with zero attached hydrogens (tertiary/aromatic N) is 2. The van der Waals surface area contributed by atoms with E-state index in [1.165, 1.54) is 23.3 Å². The topological polar surface area (TPSA) is 28.2 Å². The van der Waals surface area contributed by atoms with Crippen LogP contribution in [0, 0.1) is 0 Å². The van der Waals surface area contributed by atoms with Crippen molar-refractivity contribution in [1.29, 1.82) is 0 Å². The molecule has 1 aliphatic rings. The molecule has 5 heteroatoms. The third-order valence-electron chi connectivity index (χ3n) is 3.41. The van der Waals surface area contributed by atoms with Gasteiger partial charge in [-0.15, -0.1) is 11.3 Å². The van der Waals surface area contributed by atoms with E-state index < -0.39 is 0 Å². The van der Waals surface area contributed by atoms with Crippen LogP contribution < -0.4 is 10.2 Å². The quantitative estimate of drug-likeness (QED) is 0.882. The predicted molar refractivity (Wildman–Crippen MR) is 85.5 cm³/mol. The zero-order chi connectivity index (χ0) is 13.9. The number of anilines is 1. The maximum atomic E-state index is 5.99. The Hall–Kier alpha value is -1.10. The van der Waals surface area contributed by atoms with E-state index in [2.05, 4.69) is 34.4 Å². The van der Waals surface area contributed by atoms with Crippen molar-refractivity contribution in [2.75, 3.05) is 11.9 Å². The second kappa shape index (κ2) is 6.12. The first kappa shape index (κ1) is 13.9. The molecule has 2 heterocycles. The normalized spacial score (nSPS) is 14.5. The van der Waals surface area contributed by atoms with Gasteiger partial charge < -0.3 is 10.2 Å². The summed E-state index contributed by atoms with van der Waals surface area (Å²) in [5.74, 6) is 1.05. The molecular weight excluding hydrogens is 290 g/mol. The zero-order valence-corrected chi connectivity index (χ0v) is 13.0. The summed E-state index contributed by atoms with van der Waals surface area (Å²) in [6, 6.07) is 8.89. The lowest BCUT2D eigenvalue weighted by Gasteiger charge is -2.20. The average Bonchev–Trinajstić information content (AvgIpc) is 3.19. The van der Waals surface area contributed by atoms with Gasteiger partial charge in [0.15, 0.2) is 0 Å². The van der Waals surface area contributed by atoms with Crippen molar-refractivity contribution in [2.45, 2.75) is 32.0 Å². The Morgan fingerprint density at radius 3 is 2.95 bits per heavy atom. The lowest BCUT2D eigenvalue weighted by atomic mass is 10.2. The van der Waals surface area contributed by atoms with Crippen LogP contribution in [0.5, 0.6) is 0 Å². The van der Waals surface area contributed by atoms with E-state index in [0.717, 1.165) is 23.2 Å².